The van der Waals surface area contributed by atoms with Gasteiger partial charge in [-0.3, -0.25) is 15.6 Å². The van der Waals surface area contributed by atoms with E-state index in [1.54, 1.807) is 11.3 Å². The molecule has 0 aliphatic heterocycles. The van der Waals surface area contributed by atoms with Gasteiger partial charge in [-0.15, -0.1) is 11.3 Å². The van der Waals surface area contributed by atoms with E-state index in [2.05, 4.69) is 16.2 Å². The summed E-state index contributed by atoms with van der Waals surface area (Å²) in [5.41, 5.74) is 5.95. The number of hydrogen-bond acceptors (Lipinski definition) is 3. The van der Waals surface area contributed by atoms with E-state index in [1.165, 1.54) is 0 Å². The van der Waals surface area contributed by atoms with Crippen LogP contribution in [0.25, 0.3) is 10.1 Å². The zero-order valence-corrected chi connectivity index (χ0v) is 12.2. The Kier molecular flexibility index (Phi) is 4.70. The third kappa shape index (κ3) is 3.42. The third-order valence-electron chi connectivity index (χ3n) is 2.55. The molecule has 6 heteroatoms. The van der Waals surface area contributed by atoms with Gasteiger partial charge in [0.2, 0.25) is 0 Å². The maximum absolute atomic E-state index is 12.0. The number of nitrogens with one attached hydrogen (secondary N) is 3. The standard InChI is InChI=1S/C13H15N3OS2/c1-2-7-14-13(18)16-15-12(17)10-8-19-11-6-4-3-5-9(10)11/h3-6,8H,2,7H2,1H3,(H,15,17)(H2,14,16,18). The summed E-state index contributed by atoms with van der Waals surface area (Å²) < 4.78 is 1.10. The van der Waals surface area contributed by atoms with E-state index in [-0.39, 0.29) is 5.91 Å². The molecule has 100 valence electrons. The van der Waals surface area contributed by atoms with E-state index in [4.69, 9.17) is 12.2 Å². The summed E-state index contributed by atoms with van der Waals surface area (Å²) in [7, 11) is 0. The highest BCUT2D eigenvalue weighted by Crippen LogP contribution is 2.25. The molecule has 1 amide bonds. The molecule has 0 spiro atoms. The third-order valence-corrected chi connectivity index (χ3v) is 3.76. The van der Waals surface area contributed by atoms with Crippen LogP contribution in [0.15, 0.2) is 29.6 Å². The normalized spacial score (nSPS) is 10.2. The second kappa shape index (κ2) is 6.49. The predicted molar refractivity (Wildman–Crippen MR) is 83.3 cm³/mol. The average molecular weight is 293 g/mol. The Balaban J connectivity index is 1.98. The lowest BCUT2D eigenvalue weighted by molar-refractivity contribution is 0.0946. The average Bonchev–Trinajstić information content (AvgIpc) is 2.86. The molecule has 1 heterocycles. The van der Waals surface area contributed by atoms with Gasteiger partial charge in [0.15, 0.2) is 5.11 Å². The highest BCUT2D eigenvalue weighted by atomic mass is 32.1. The summed E-state index contributed by atoms with van der Waals surface area (Å²) in [4.78, 5) is 12.0. The molecule has 0 unspecified atom stereocenters. The molecule has 0 saturated heterocycles. The molecule has 2 rings (SSSR count). The van der Waals surface area contributed by atoms with Gasteiger partial charge in [0, 0.05) is 22.0 Å². The van der Waals surface area contributed by atoms with Crippen LogP contribution in [-0.4, -0.2) is 17.6 Å². The molecule has 0 saturated carbocycles. The number of carbonyl (C=O) groups excluding carboxylic acids is 1. The van der Waals surface area contributed by atoms with E-state index < -0.39 is 0 Å². The second-order valence-electron chi connectivity index (χ2n) is 3.98. The maximum Gasteiger partial charge on any atom is 0.271 e. The van der Waals surface area contributed by atoms with Crippen LogP contribution in [0.1, 0.15) is 23.7 Å². The highest BCUT2D eigenvalue weighted by Gasteiger charge is 2.11. The van der Waals surface area contributed by atoms with Gasteiger partial charge in [0.1, 0.15) is 0 Å². The van der Waals surface area contributed by atoms with Crippen molar-refractivity contribution in [2.45, 2.75) is 13.3 Å². The Morgan fingerprint density at radius 3 is 2.89 bits per heavy atom. The van der Waals surface area contributed by atoms with Gasteiger partial charge in [-0.2, -0.15) is 0 Å². The fourth-order valence-corrected chi connectivity index (χ4v) is 2.71. The minimum Gasteiger partial charge on any atom is -0.361 e. The summed E-state index contributed by atoms with van der Waals surface area (Å²) in [6.07, 6.45) is 0.977. The number of carbonyl (C=O) groups is 1. The molecule has 4 nitrogen and oxygen atoms in total. The van der Waals surface area contributed by atoms with Crippen molar-refractivity contribution in [3.05, 3.63) is 35.2 Å². The molecule has 0 fully saturated rings. The lowest BCUT2D eigenvalue weighted by Gasteiger charge is -2.10. The van der Waals surface area contributed by atoms with Crippen LogP contribution in [0.5, 0.6) is 0 Å². The number of amides is 1. The number of benzene rings is 1. The van der Waals surface area contributed by atoms with Crippen molar-refractivity contribution in [1.82, 2.24) is 16.2 Å². The van der Waals surface area contributed by atoms with Crippen molar-refractivity contribution in [1.29, 1.82) is 0 Å². The summed E-state index contributed by atoms with van der Waals surface area (Å²) in [5.74, 6) is -0.182. The molecule has 1 aromatic carbocycles. The van der Waals surface area contributed by atoms with E-state index in [0.29, 0.717) is 10.7 Å². The first-order chi connectivity index (χ1) is 9.22. The SMILES string of the molecule is CCCNC(=S)NNC(=O)c1csc2ccccc12. The number of fused-ring (bicyclic) bond motifs is 1. The molecule has 0 aliphatic carbocycles. The lowest BCUT2D eigenvalue weighted by Crippen LogP contribution is -2.46. The number of thiocarbonyl (C=S) groups is 1. The zero-order valence-electron chi connectivity index (χ0n) is 10.5. The quantitative estimate of drug-likeness (QED) is 0.601. The fraction of sp³-hybridized carbons (Fsp3) is 0.231. The molecule has 0 atom stereocenters. The Morgan fingerprint density at radius 2 is 2.11 bits per heavy atom. The zero-order chi connectivity index (χ0) is 13.7. The van der Waals surface area contributed by atoms with Crippen LogP contribution >= 0.6 is 23.6 Å². The van der Waals surface area contributed by atoms with Gasteiger partial charge in [-0.05, 0) is 24.7 Å². The summed E-state index contributed by atoms with van der Waals surface area (Å²) in [6.45, 7) is 2.83. The van der Waals surface area contributed by atoms with Crippen molar-refractivity contribution < 1.29 is 4.79 Å². The predicted octanol–water partition coefficient (Wildman–Crippen LogP) is 2.42. The molecule has 19 heavy (non-hydrogen) atoms. The van der Waals surface area contributed by atoms with Crippen LogP contribution in [0.4, 0.5) is 0 Å². The van der Waals surface area contributed by atoms with Crippen molar-refractivity contribution in [2.75, 3.05) is 6.54 Å². The summed E-state index contributed by atoms with van der Waals surface area (Å²) >= 11 is 6.58. The van der Waals surface area contributed by atoms with Crippen molar-refractivity contribution in [2.24, 2.45) is 0 Å². The second-order valence-corrected chi connectivity index (χ2v) is 5.30. The van der Waals surface area contributed by atoms with Crippen molar-refractivity contribution in [3.8, 4) is 0 Å². The Hall–Kier alpha value is -1.66. The molecular formula is C13H15N3OS2. The molecule has 0 bridgehead atoms. The number of thiophene rings is 1. The van der Waals surface area contributed by atoms with Crippen LogP contribution < -0.4 is 16.2 Å². The molecular weight excluding hydrogens is 278 g/mol. The van der Waals surface area contributed by atoms with Crippen LogP contribution in [-0.2, 0) is 0 Å². The molecule has 3 N–H and O–H groups in total. The van der Waals surface area contributed by atoms with Gasteiger partial charge in [0.25, 0.3) is 5.91 Å². The molecule has 2 aromatic rings. The van der Waals surface area contributed by atoms with Gasteiger partial charge in [-0.25, -0.2) is 0 Å². The Morgan fingerprint density at radius 1 is 1.32 bits per heavy atom. The van der Waals surface area contributed by atoms with Crippen LogP contribution in [0.2, 0.25) is 0 Å². The number of hydrazine groups is 1. The van der Waals surface area contributed by atoms with Gasteiger partial charge in [-0.1, -0.05) is 25.1 Å². The first-order valence-corrected chi connectivity index (χ1v) is 7.31. The minimum atomic E-state index is -0.182. The Bertz CT molecular complexity index is 594. The maximum atomic E-state index is 12.0. The van der Waals surface area contributed by atoms with E-state index >= 15 is 0 Å². The minimum absolute atomic E-state index is 0.182. The first kappa shape index (κ1) is 13.8. The fourth-order valence-electron chi connectivity index (χ4n) is 1.62. The van der Waals surface area contributed by atoms with Crippen LogP contribution in [0, 0.1) is 0 Å². The van der Waals surface area contributed by atoms with Crippen LogP contribution in [0.3, 0.4) is 0 Å². The van der Waals surface area contributed by atoms with Gasteiger partial charge >= 0.3 is 0 Å². The first-order valence-electron chi connectivity index (χ1n) is 6.02. The number of hydrogen-bond donors (Lipinski definition) is 3. The van der Waals surface area contributed by atoms with E-state index in [0.717, 1.165) is 23.1 Å². The van der Waals surface area contributed by atoms with Gasteiger partial charge in [0.05, 0.1) is 5.56 Å². The topological polar surface area (TPSA) is 53.2 Å². The number of rotatable bonds is 3. The van der Waals surface area contributed by atoms with E-state index in [9.17, 15) is 4.79 Å². The molecule has 1 aromatic heterocycles. The lowest BCUT2D eigenvalue weighted by atomic mass is 10.2. The van der Waals surface area contributed by atoms with Gasteiger partial charge < -0.3 is 5.32 Å². The summed E-state index contributed by atoms with van der Waals surface area (Å²) in [6, 6.07) is 7.82. The monoisotopic (exact) mass is 293 g/mol. The largest absolute Gasteiger partial charge is 0.361 e. The Labute approximate surface area is 121 Å². The smallest absolute Gasteiger partial charge is 0.271 e. The molecule has 0 radical (unpaired) electrons. The van der Waals surface area contributed by atoms with Crippen molar-refractivity contribution >= 4 is 44.7 Å². The molecule has 0 aliphatic rings. The highest BCUT2D eigenvalue weighted by molar-refractivity contribution is 7.80. The van der Waals surface area contributed by atoms with Crippen molar-refractivity contribution in [3.63, 3.8) is 0 Å². The summed E-state index contributed by atoms with van der Waals surface area (Å²) in [5, 5.41) is 6.21. The van der Waals surface area contributed by atoms with E-state index in [1.807, 2.05) is 36.6 Å².